The van der Waals surface area contributed by atoms with Crippen LogP contribution >= 0.6 is 0 Å². The summed E-state index contributed by atoms with van der Waals surface area (Å²) >= 11 is 0. The molecular weight excluding hydrogens is 320 g/mol. The lowest BCUT2D eigenvalue weighted by atomic mass is 9.84. The number of aromatic nitrogens is 1. The Morgan fingerprint density at radius 2 is 2.08 bits per heavy atom. The van der Waals surface area contributed by atoms with Crippen molar-refractivity contribution < 1.29 is 19.4 Å². The molecule has 2 unspecified atom stereocenters. The predicted molar refractivity (Wildman–Crippen MR) is 90.9 cm³/mol. The van der Waals surface area contributed by atoms with Gasteiger partial charge in [0.2, 0.25) is 5.91 Å². The minimum absolute atomic E-state index is 0.0397. The zero-order valence-corrected chi connectivity index (χ0v) is 14.0. The standard InChI is InChI=1S/C19H20N2O4/c1-25-15-6-4-14(5-7-15)18-16(19(23)24)8-9-17(22)21(18)12-13-3-2-10-20-11-13/h2-7,10-11,16,18H,8-9,12H2,1H3,(H,23,24). The highest BCUT2D eigenvalue weighted by Crippen LogP contribution is 2.38. The first-order chi connectivity index (χ1) is 12.1. The molecular formula is C19H20N2O4. The van der Waals surface area contributed by atoms with Crippen LogP contribution in [0.4, 0.5) is 0 Å². The monoisotopic (exact) mass is 340 g/mol. The van der Waals surface area contributed by atoms with Gasteiger partial charge in [0, 0.05) is 25.4 Å². The summed E-state index contributed by atoms with van der Waals surface area (Å²) in [5.74, 6) is -0.869. The van der Waals surface area contributed by atoms with Crippen molar-refractivity contribution in [2.24, 2.45) is 5.92 Å². The second kappa shape index (κ2) is 7.34. The fourth-order valence-electron chi connectivity index (χ4n) is 3.30. The van der Waals surface area contributed by atoms with E-state index in [-0.39, 0.29) is 12.3 Å². The number of ether oxygens (including phenoxy) is 1. The number of carboxylic acids is 1. The van der Waals surface area contributed by atoms with Crippen LogP contribution in [-0.4, -0.2) is 34.0 Å². The summed E-state index contributed by atoms with van der Waals surface area (Å²) in [5.41, 5.74) is 1.67. The Bertz CT molecular complexity index is 746. The zero-order valence-electron chi connectivity index (χ0n) is 14.0. The lowest BCUT2D eigenvalue weighted by Crippen LogP contribution is -2.44. The Balaban J connectivity index is 1.97. The number of hydrogen-bond acceptors (Lipinski definition) is 4. The normalized spacial score (nSPS) is 20.4. The molecule has 2 atom stereocenters. The van der Waals surface area contributed by atoms with Crippen LogP contribution in [0, 0.1) is 5.92 Å². The van der Waals surface area contributed by atoms with E-state index in [0.29, 0.717) is 18.7 Å². The Labute approximate surface area is 146 Å². The van der Waals surface area contributed by atoms with Crippen molar-refractivity contribution in [3.8, 4) is 5.75 Å². The largest absolute Gasteiger partial charge is 0.497 e. The quantitative estimate of drug-likeness (QED) is 0.905. The molecule has 1 amide bonds. The van der Waals surface area contributed by atoms with Crippen LogP contribution in [0.15, 0.2) is 48.8 Å². The van der Waals surface area contributed by atoms with Gasteiger partial charge in [0.1, 0.15) is 5.75 Å². The Morgan fingerprint density at radius 1 is 1.32 bits per heavy atom. The molecule has 1 fully saturated rings. The smallest absolute Gasteiger partial charge is 0.308 e. The van der Waals surface area contributed by atoms with Gasteiger partial charge in [0.25, 0.3) is 0 Å². The molecule has 25 heavy (non-hydrogen) atoms. The van der Waals surface area contributed by atoms with E-state index in [4.69, 9.17) is 4.74 Å². The van der Waals surface area contributed by atoms with Gasteiger partial charge in [-0.2, -0.15) is 0 Å². The first-order valence-electron chi connectivity index (χ1n) is 8.15. The van der Waals surface area contributed by atoms with Crippen LogP contribution in [0.2, 0.25) is 0 Å². The van der Waals surface area contributed by atoms with Gasteiger partial charge >= 0.3 is 5.97 Å². The van der Waals surface area contributed by atoms with Crippen LogP contribution in [-0.2, 0) is 16.1 Å². The van der Waals surface area contributed by atoms with Gasteiger partial charge in [0.15, 0.2) is 0 Å². The fourth-order valence-corrected chi connectivity index (χ4v) is 3.30. The molecule has 0 spiro atoms. The number of carbonyl (C=O) groups excluding carboxylic acids is 1. The van der Waals surface area contributed by atoms with E-state index in [1.807, 2.05) is 18.2 Å². The molecule has 6 heteroatoms. The van der Waals surface area contributed by atoms with Crippen molar-refractivity contribution >= 4 is 11.9 Å². The van der Waals surface area contributed by atoms with Gasteiger partial charge < -0.3 is 14.7 Å². The summed E-state index contributed by atoms with van der Waals surface area (Å²) in [6, 6.07) is 10.4. The van der Waals surface area contributed by atoms with Gasteiger partial charge in [-0.1, -0.05) is 18.2 Å². The van der Waals surface area contributed by atoms with E-state index < -0.39 is 17.9 Å². The number of pyridine rings is 1. The summed E-state index contributed by atoms with van der Waals surface area (Å²) in [5, 5.41) is 9.67. The van der Waals surface area contributed by atoms with E-state index in [1.165, 1.54) is 0 Å². The number of rotatable bonds is 5. The summed E-state index contributed by atoms with van der Waals surface area (Å²) in [4.78, 5) is 30.1. The Morgan fingerprint density at radius 3 is 2.68 bits per heavy atom. The van der Waals surface area contributed by atoms with Gasteiger partial charge in [-0.25, -0.2) is 0 Å². The first-order valence-corrected chi connectivity index (χ1v) is 8.15. The highest BCUT2D eigenvalue weighted by atomic mass is 16.5. The molecule has 0 saturated carbocycles. The number of benzene rings is 1. The average Bonchev–Trinajstić information content (AvgIpc) is 2.64. The SMILES string of the molecule is COc1ccc(C2C(C(=O)O)CCC(=O)N2Cc2cccnc2)cc1. The summed E-state index contributed by atoms with van der Waals surface area (Å²) < 4.78 is 5.17. The average molecular weight is 340 g/mol. The molecule has 1 aromatic heterocycles. The molecule has 2 heterocycles. The molecule has 6 nitrogen and oxygen atoms in total. The van der Waals surface area contributed by atoms with Crippen molar-refractivity contribution in [2.45, 2.75) is 25.4 Å². The van der Waals surface area contributed by atoms with Crippen molar-refractivity contribution in [3.05, 3.63) is 59.9 Å². The van der Waals surface area contributed by atoms with Gasteiger partial charge in [-0.15, -0.1) is 0 Å². The highest BCUT2D eigenvalue weighted by molar-refractivity contribution is 5.81. The van der Waals surface area contributed by atoms with E-state index in [2.05, 4.69) is 4.98 Å². The summed E-state index contributed by atoms with van der Waals surface area (Å²) in [6.07, 6.45) is 3.95. The van der Waals surface area contributed by atoms with Crippen LogP contribution in [0.25, 0.3) is 0 Å². The lowest BCUT2D eigenvalue weighted by Gasteiger charge is -2.40. The topological polar surface area (TPSA) is 79.7 Å². The third-order valence-electron chi connectivity index (χ3n) is 4.56. The molecule has 1 aliphatic rings. The van der Waals surface area contributed by atoms with Gasteiger partial charge in [-0.3, -0.25) is 14.6 Å². The Hall–Kier alpha value is -2.89. The molecule has 0 bridgehead atoms. The molecule has 130 valence electrons. The summed E-state index contributed by atoms with van der Waals surface area (Å²) in [6.45, 7) is 0.340. The molecule has 0 radical (unpaired) electrons. The van der Waals surface area contributed by atoms with Crippen molar-refractivity contribution in [1.82, 2.24) is 9.88 Å². The first kappa shape index (κ1) is 17.0. The van der Waals surface area contributed by atoms with Crippen molar-refractivity contribution in [3.63, 3.8) is 0 Å². The molecule has 2 aromatic rings. The number of hydrogen-bond donors (Lipinski definition) is 1. The van der Waals surface area contributed by atoms with Crippen molar-refractivity contribution in [1.29, 1.82) is 0 Å². The zero-order chi connectivity index (χ0) is 17.8. The van der Waals surface area contributed by atoms with E-state index in [1.54, 1.807) is 42.6 Å². The van der Waals surface area contributed by atoms with E-state index >= 15 is 0 Å². The number of methoxy groups -OCH3 is 1. The maximum absolute atomic E-state index is 12.6. The van der Waals surface area contributed by atoms with Crippen LogP contribution in [0.5, 0.6) is 5.75 Å². The maximum Gasteiger partial charge on any atom is 0.308 e. The molecule has 1 saturated heterocycles. The highest BCUT2D eigenvalue weighted by Gasteiger charge is 2.40. The van der Waals surface area contributed by atoms with E-state index in [9.17, 15) is 14.7 Å². The minimum Gasteiger partial charge on any atom is -0.497 e. The van der Waals surface area contributed by atoms with Crippen molar-refractivity contribution in [2.75, 3.05) is 7.11 Å². The second-order valence-corrected chi connectivity index (χ2v) is 6.08. The molecule has 3 rings (SSSR count). The number of amides is 1. The maximum atomic E-state index is 12.6. The number of nitrogens with zero attached hydrogens (tertiary/aromatic N) is 2. The molecule has 1 N–H and O–H groups in total. The number of likely N-dealkylation sites (tertiary alicyclic amines) is 1. The van der Waals surface area contributed by atoms with Crippen LogP contribution < -0.4 is 4.74 Å². The molecule has 1 aliphatic heterocycles. The van der Waals surface area contributed by atoms with Crippen LogP contribution in [0.1, 0.15) is 30.0 Å². The fraction of sp³-hybridized carbons (Fsp3) is 0.316. The van der Waals surface area contributed by atoms with E-state index in [0.717, 1.165) is 11.1 Å². The molecule has 0 aliphatic carbocycles. The van der Waals surface area contributed by atoms with Gasteiger partial charge in [-0.05, 0) is 35.7 Å². The summed E-state index contributed by atoms with van der Waals surface area (Å²) in [7, 11) is 1.58. The third-order valence-corrected chi connectivity index (χ3v) is 4.56. The lowest BCUT2D eigenvalue weighted by molar-refractivity contribution is -0.152. The van der Waals surface area contributed by atoms with Crippen LogP contribution in [0.3, 0.4) is 0 Å². The number of aliphatic carboxylic acids is 1. The second-order valence-electron chi connectivity index (χ2n) is 6.08. The number of carbonyl (C=O) groups is 2. The minimum atomic E-state index is -0.885. The predicted octanol–water partition coefficient (Wildman–Crippen LogP) is 2.65. The van der Waals surface area contributed by atoms with Gasteiger partial charge in [0.05, 0.1) is 19.1 Å². The third kappa shape index (κ3) is 3.63. The number of piperidine rings is 1. The Kier molecular flexibility index (Phi) is 4.97. The molecule has 1 aromatic carbocycles. The number of carboxylic acid groups (broad SMARTS) is 1.